The molecule has 2 aromatic rings. The standard InChI is InChI=1S/C15H14BrNO3S/c1-19-13-7-9(8-18)5-6-11(13)20-12-4-2-3-10(16)14(12)15(17)21/h2-7,18H,8H2,1H3,(H2,17,21). The van der Waals surface area contributed by atoms with Crippen LogP contribution < -0.4 is 15.2 Å². The zero-order valence-electron chi connectivity index (χ0n) is 11.3. The monoisotopic (exact) mass is 367 g/mol. The van der Waals surface area contributed by atoms with E-state index in [9.17, 15) is 0 Å². The number of thiocarbonyl (C=S) groups is 1. The van der Waals surface area contributed by atoms with E-state index in [0.717, 1.165) is 10.0 Å². The molecule has 0 saturated heterocycles. The van der Waals surface area contributed by atoms with E-state index in [2.05, 4.69) is 15.9 Å². The summed E-state index contributed by atoms with van der Waals surface area (Å²) in [5, 5.41) is 9.16. The molecule has 0 aromatic heterocycles. The molecule has 0 aliphatic carbocycles. The SMILES string of the molecule is COc1cc(CO)ccc1Oc1cccc(Br)c1C(N)=S. The van der Waals surface area contributed by atoms with Gasteiger partial charge in [0, 0.05) is 4.47 Å². The third-order valence-corrected chi connectivity index (χ3v) is 3.72. The van der Waals surface area contributed by atoms with E-state index in [1.54, 1.807) is 31.4 Å². The zero-order valence-corrected chi connectivity index (χ0v) is 13.7. The molecule has 110 valence electrons. The van der Waals surface area contributed by atoms with Crippen LogP contribution in [0.1, 0.15) is 11.1 Å². The Kier molecular flexibility index (Phi) is 5.17. The zero-order chi connectivity index (χ0) is 15.4. The van der Waals surface area contributed by atoms with E-state index in [4.69, 9.17) is 32.5 Å². The minimum atomic E-state index is -0.0638. The number of benzene rings is 2. The minimum absolute atomic E-state index is 0.0638. The van der Waals surface area contributed by atoms with Crippen molar-refractivity contribution < 1.29 is 14.6 Å². The van der Waals surface area contributed by atoms with Gasteiger partial charge in [0.15, 0.2) is 11.5 Å². The molecule has 0 amide bonds. The van der Waals surface area contributed by atoms with Crippen LogP contribution in [0.2, 0.25) is 0 Å². The van der Waals surface area contributed by atoms with Gasteiger partial charge in [-0.1, -0.05) is 24.4 Å². The Balaban J connectivity index is 2.43. The van der Waals surface area contributed by atoms with Crippen molar-refractivity contribution in [2.24, 2.45) is 5.73 Å². The van der Waals surface area contributed by atoms with E-state index in [-0.39, 0.29) is 11.6 Å². The Morgan fingerprint density at radius 3 is 2.62 bits per heavy atom. The fourth-order valence-corrected chi connectivity index (χ4v) is 2.75. The minimum Gasteiger partial charge on any atom is -0.493 e. The van der Waals surface area contributed by atoms with Crippen LogP contribution in [-0.4, -0.2) is 17.2 Å². The van der Waals surface area contributed by atoms with Gasteiger partial charge >= 0.3 is 0 Å². The Morgan fingerprint density at radius 2 is 2.00 bits per heavy atom. The first-order valence-corrected chi connectivity index (χ1v) is 7.31. The van der Waals surface area contributed by atoms with E-state index in [1.165, 1.54) is 0 Å². The summed E-state index contributed by atoms with van der Waals surface area (Å²) in [5.74, 6) is 1.58. The van der Waals surface area contributed by atoms with Crippen LogP contribution in [0.25, 0.3) is 0 Å². The summed E-state index contributed by atoms with van der Waals surface area (Å²) in [6.45, 7) is -0.0638. The normalized spacial score (nSPS) is 10.2. The van der Waals surface area contributed by atoms with Gasteiger partial charge in [-0.25, -0.2) is 0 Å². The number of aliphatic hydroxyl groups is 1. The molecule has 6 heteroatoms. The second kappa shape index (κ2) is 6.89. The second-order valence-electron chi connectivity index (χ2n) is 4.22. The lowest BCUT2D eigenvalue weighted by Gasteiger charge is -2.14. The number of hydrogen-bond donors (Lipinski definition) is 2. The average Bonchev–Trinajstić information content (AvgIpc) is 2.47. The van der Waals surface area contributed by atoms with Gasteiger partial charge in [-0.3, -0.25) is 0 Å². The first-order chi connectivity index (χ1) is 10.1. The van der Waals surface area contributed by atoms with Crippen LogP contribution in [0.5, 0.6) is 17.2 Å². The molecule has 0 fully saturated rings. The number of hydrogen-bond acceptors (Lipinski definition) is 4. The van der Waals surface area contributed by atoms with E-state index in [0.29, 0.717) is 22.8 Å². The third kappa shape index (κ3) is 3.53. The molecule has 0 saturated carbocycles. The smallest absolute Gasteiger partial charge is 0.169 e. The molecule has 3 N–H and O–H groups in total. The lowest BCUT2D eigenvalue weighted by atomic mass is 10.2. The van der Waals surface area contributed by atoms with Gasteiger partial charge in [0.1, 0.15) is 10.7 Å². The van der Waals surface area contributed by atoms with Gasteiger partial charge < -0.3 is 20.3 Å². The molecule has 0 spiro atoms. The Bertz CT molecular complexity index is 676. The molecular weight excluding hydrogens is 354 g/mol. The molecule has 0 unspecified atom stereocenters. The van der Waals surface area contributed by atoms with Crippen molar-refractivity contribution in [3.63, 3.8) is 0 Å². The van der Waals surface area contributed by atoms with Crippen molar-refractivity contribution in [2.45, 2.75) is 6.61 Å². The summed E-state index contributed by atoms with van der Waals surface area (Å²) in [4.78, 5) is 0.239. The van der Waals surface area contributed by atoms with Crippen LogP contribution in [0, 0.1) is 0 Å². The highest BCUT2D eigenvalue weighted by Crippen LogP contribution is 2.36. The molecule has 0 aliphatic heterocycles. The van der Waals surface area contributed by atoms with Crippen LogP contribution in [0.4, 0.5) is 0 Å². The highest BCUT2D eigenvalue weighted by molar-refractivity contribution is 9.10. The highest BCUT2D eigenvalue weighted by atomic mass is 79.9. The molecule has 2 rings (SSSR count). The maximum absolute atomic E-state index is 9.16. The molecule has 2 aromatic carbocycles. The van der Waals surface area contributed by atoms with Crippen molar-refractivity contribution in [2.75, 3.05) is 7.11 Å². The van der Waals surface area contributed by atoms with Gasteiger partial charge in [-0.05, 0) is 45.8 Å². The van der Waals surface area contributed by atoms with Gasteiger partial charge in [0.2, 0.25) is 0 Å². The van der Waals surface area contributed by atoms with Crippen molar-refractivity contribution >= 4 is 33.1 Å². The summed E-state index contributed by atoms with van der Waals surface area (Å²) in [5.41, 5.74) is 7.11. The van der Waals surface area contributed by atoms with Gasteiger partial charge in [-0.2, -0.15) is 0 Å². The largest absolute Gasteiger partial charge is 0.493 e. The number of ether oxygens (including phenoxy) is 2. The lowest BCUT2D eigenvalue weighted by Crippen LogP contribution is -2.11. The molecule has 0 radical (unpaired) electrons. The fourth-order valence-electron chi connectivity index (χ4n) is 1.84. The Hall–Kier alpha value is -1.63. The molecule has 21 heavy (non-hydrogen) atoms. The summed E-state index contributed by atoms with van der Waals surface area (Å²) in [6, 6.07) is 10.7. The van der Waals surface area contributed by atoms with Crippen molar-refractivity contribution in [3.8, 4) is 17.2 Å². The molecular formula is C15H14BrNO3S. The van der Waals surface area contributed by atoms with Gasteiger partial charge in [0.05, 0.1) is 19.3 Å². The molecule has 4 nitrogen and oxygen atoms in total. The highest BCUT2D eigenvalue weighted by Gasteiger charge is 2.14. The molecule has 0 bridgehead atoms. The van der Waals surface area contributed by atoms with Crippen LogP contribution in [0.3, 0.4) is 0 Å². The van der Waals surface area contributed by atoms with E-state index in [1.807, 2.05) is 12.1 Å². The number of methoxy groups -OCH3 is 1. The number of halogens is 1. The van der Waals surface area contributed by atoms with Crippen molar-refractivity contribution in [1.82, 2.24) is 0 Å². The van der Waals surface area contributed by atoms with Crippen molar-refractivity contribution in [1.29, 1.82) is 0 Å². The van der Waals surface area contributed by atoms with Crippen LogP contribution in [0.15, 0.2) is 40.9 Å². The number of aliphatic hydroxyl groups excluding tert-OH is 1. The first kappa shape index (κ1) is 15.8. The number of rotatable bonds is 5. The van der Waals surface area contributed by atoms with E-state index < -0.39 is 0 Å². The van der Waals surface area contributed by atoms with Gasteiger partial charge in [-0.15, -0.1) is 0 Å². The lowest BCUT2D eigenvalue weighted by molar-refractivity contribution is 0.280. The number of nitrogens with two attached hydrogens (primary N) is 1. The van der Waals surface area contributed by atoms with Crippen LogP contribution in [-0.2, 0) is 6.61 Å². The third-order valence-electron chi connectivity index (χ3n) is 2.85. The fraction of sp³-hybridized carbons (Fsp3) is 0.133. The van der Waals surface area contributed by atoms with E-state index >= 15 is 0 Å². The maximum Gasteiger partial charge on any atom is 0.169 e. The summed E-state index contributed by atoms with van der Waals surface area (Å²) >= 11 is 8.47. The van der Waals surface area contributed by atoms with Crippen molar-refractivity contribution in [3.05, 3.63) is 52.0 Å². The molecule has 0 aliphatic rings. The Morgan fingerprint density at radius 1 is 1.24 bits per heavy atom. The summed E-state index contributed by atoms with van der Waals surface area (Å²) in [6.07, 6.45) is 0. The first-order valence-electron chi connectivity index (χ1n) is 6.10. The Labute approximate surface area is 136 Å². The molecule has 0 atom stereocenters. The maximum atomic E-state index is 9.16. The van der Waals surface area contributed by atoms with Gasteiger partial charge in [0.25, 0.3) is 0 Å². The predicted molar refractivity (Wildman–Crippen MR) is 89.0 cm³/mol. The molecule has 0 heterocycles. The predicted octanol–water partition coefficient (Wildman–Crippen LogP) is 3.38. The average molecular weight is 368 g/mol. The summed E-state index contributed by atoms with van der Waals surface area (Å²) in [7, 11) is 1.54. The quantitative estimate of drug-likeness (QED) is 0.793. The topological polar surface area (TPSA) is 64.7 Å². The second-order valence-corrected chi connectivity index (χ2v) is 5.52. The summed E-state index contributed by atoms with van der Waals surface area (Å²) < 4.78 is 11.9. The van der Waals surface area contributed by atoms with Crippen LogP contribution >= 0.6 is 28.1 Å².